The molecule has 0 radical (unpaired) electrons. The number of amides is 1. The van der Waals surface area contributed by atoms with Crippen LogP contribution in [0.4, 0.5) is 27.6 Å². The summed E-state index contributed by atoms with van der Waals surface area (Å²) in [7, 11) is 0. The second-order valence-corrected chi connectivity index (χ2v) is 10.0. The molecule has 0 spiro atoms. The van der Waals surface area contributed by atoms with E-state index in [9.17, 15) is 26.7 Å². The van der Waals surface area contributed by atoms with Crippen molar-refractivity contribution >= 4 is 50.7 Å². The summed E-state index contributed by atoms with van der Waals surface area (Å²) in [6.45, 7) is -0.313. The van der Waals surface area contributed by atoms with Gasteiger partial charge in [-0.1, -0.05) is 45.2 Å². The van der Waals surface area contributed by atoms with E-state index in [0.29, 0.717) is 22.8 Å². The van der Waals surface area contributed by atoms with Crippen LogP contribution in [0, 0.1) is 17.6 Å². The number of carbonyl (C=O) groups excluding carboxylic acids is 1. The summed E-state index contributed by atoms with van der Waals surface area (Å²) in [6, 6.07) is 5.70. The molecular formula is C22H18BrCl2F5N2O. The quantitative estimate of drug-likeness (QED) is 0.244. The van der Waals surface area contributed by atoms with Gasteiger partial charge in [-0.15, -0.1) is 0 Å². The van der Waals surface area contributed by atoms with Crippen molar-refractivity contribution in [2.45, 2.75) is 37.4 Å². The summed E-state index contributed by atoms with van der Waals surface area (Å²) in [5, 5.41) is 1.11. The van der Waals surface area contributed by atoms with Crippen LogP contribution in [0.2, 0.25) is 10.0 Å². The Balaban J connectivity index is 1.61. The Morgan fingerprint density at radius 3 is 2.48 bits per heavy atom. The van der Waals surface area contributed by atoms with E-state index in [2.05, 4.69) is 21.2 Å². The molecule has 1 aliphatic carbocycles. The average Bonchev–Trinajstić information content (AvgIpc) is 3.51. The maximum Gasteiger partial charge on any atom is 0.400 e. The lowest BCUT2D eigenvalue weighted by Gasteiger charge is -2.33. The molecular weight excluding hydrogens is 554 g/mol. The zero-order valence-electron chi connectivity index (χ0n) is 17.0. The van der Waals surface area contributed by atoms with E-state index in [-0.39, 0.29) is 18.4 Å². The maximum atomic E-state index is 14.7. The molecule has 2 fully saturated rings. The Labute approximate surface area is 205 Å². The minimum Gasteiger partial charge on any atom is -0.370 e. The molecule has 1 unspecified atom stereocenters. The molecule has 2 aliphatic rings. The zero-order chi connectivity index (χ0) is 24.1. The molecule has 1 N–H and O–H groups in total. The monoisotopic (exact) mass is 570 g/mol. The van der Waals surface area contributed by atoms with E-state index < -0.39 is 51.8 Å². The van der Waals surface area contributed by atoms with Gasteiger partial charge in [0.1, 0.15) is 16.3 Å². The standard InChI is InChI=1S/C22H18BrCl2F5N2O/c23-15-7-13(4-3-12(15)9-31-20(33)11-1-2-11)32-6-5-21(10-32,22(28,29)30)14-8-16(24)19(27)17(25)18(14)26/h3-4,7-8,11H,1-2,5-6,9-10H2,(H,31,33). The van der Waals surface area contributed by atoms with Gasteiger partial charge in [-0.25, -0.2) is 8.78 Å². The van der Waals surface area contributed by atoms with E-state index >= 15 is 0 Å². The molecule has 1 atom stereocenters. The summed E-state index contributed by atoms with van der Waals surface area (Å²) < 4.78 is 72.1. The first-order valence-electron chi connectivity index (χ1n) is 10.2. The van der Waals surface area contributed by atoms with Gasteiger partial charge in [0.15, 0.2) is 5.82 Å². The van der Waals surface area contributed by atoms with Crippen LogP contribution in [0.15, 0.2) is 28.7 Å². The van der Waals surface area contributed by atoms with E-state index in [0.717, 1.165) is 18.4 Å². The SMILES string of the molecule is O=C(NCc1ccc(N2CCC(c3cc(Cl)c(F)c(Cl)c3F)(C(F)(F)F)C2)cc1Br)C1CC1. The smallest absolute Gasteiger partial charge is 0.370 e. The Bertz CT molecular complexity index is 1110. The van der Waals surface area contributed by atoms with Crippen molar-refractivity contribution in [3.8, 4) is 0 Å². The highest BCUT2D eigenvalue weighted by atomic mass is 79.9. The van der Waals surface area contributed by atoms with Gasteiger partial charge < -0.3 is 10.2 Å². The first-order chi connectivity index (χ1) is 15.4. The van der Waals surface area contributed by atoms with Crippen LogP contribution in [0.5, 0.6) is 0 Å². The fraction of sp³-hybridized carbons (Fsp3) is 0.409. The minimum atomic E-state index is -4.84. The summed E-state index contributed by atoms with van der Waals surface area (Å²) >= 11 is 14.7. The molecule has 1 heterocycles. The highest BCUT2D eigenvalue weighted by Gasteiger charge is 2.60. The van der Waals surface area contributed by atoms with Crippen molar-refractivity contribution in [3.05, 3.63) is 61.5 Å². The van der Waals surface area contributed by atoms with Gasteiger partial charge in [-0.05, 0) is 43.0 Å². The van der Waals surface area contributed by atoms with Crippen molar-refractivity contribution in [1.29, 1.82) is 0 Å². The van der Waals surface area contributed by atoms with Crippen molar-refractivity contribution in [2.75, 3.05) is 18.0 Å². The second kappa shape index (κ2) is 8.89. The van der Waals surface area contributed by atoms with E-state index in [4.69, 9.17) is 23.2 Å². The predicted molar refractivity (Wildman–Crippen MR) is 120 cm³/mol. The fourth-order valence-electron chi connectivity index (χ4n) is 4.10. The van der Waals surface area contributed by atoms with Crippen LogP contribution in [-0.4, -0.2) is 25.2 Å². The normalized spacial score (nSPS) is 20.9. The number of halogens is 8. The predicted octanol–water partition coefficient (Wildman–Crippen LogP) is 6.77. The van der Waals surface area contributed by atoms with Crippen LogP contribution in [0.1, 0.15) is 30.4 Å². The van der Waals surface area contributed by atoms with Crippen LogP contribution < -0.4 is 10.2 Å². The number of hydrogen-bond acceptors (Lipinski definition) is 2. The van der Waals surface area contributed by atoms with Crippen LogP contribution in [-0.2, 0) is 16.8 Å². The van der Waals surface area contributed by atoms with Gasteiger partial charge in [0.05, 0.1) is 5.02 Å². The van der Waals surface area contributed by atoms with Crippen molar-refractivity contribution in [3.63, 3.8) is 0 Å². The molecule has 0 bridgehead atoms. The van der Waals surface area contributed by atoms with Gasteiger partial charge in [0.2, 0.25) is 5.91 Å². The lowest BCUT2D eigenvalue weighted by atomic mass is 9.78. The Kier molecular flexibility index (Phi) is 6.61. The molecule has 178 valence electrons. The van der Waals surface area contributed by atoms with Crippen molar-refractivity contribution in [1.82, 2.24) is 5.32 Å². The Morgan fingerprint density at radius 2 is 1.88 bits per heavy atom. The van der Waals surface area contributed by atoms with Crippen LogP contribution in [0.25, 0.3) is 0 Å². The van der Waals surface area contributed by atoms with Gasteiger partial charge in [-0.2, -0.15) is 13.2 Å². The summed E-state index contributed by atoms with van der Waals surface area (Å²) in [5.74, 6) is -2.70. The highest BCUT2D eigenvalue weighted by Crippen LogP contribution is 2.51. The molecule has 2 aromatic rings. The number of anilines is 1. The van der Waals surface area contributed by atoms with E-state index in [1.165, 1.54) is 4.90 Å². The molecule has 11 heteroatoms. The third-order valence-corrected chi connectivity index (χ3v) is 7.58. The molecule has 1 saturated heterocycles. The third kappa shape index (κ3) is 4.56. The van der Waals surface area contributed by atoms with Crippen LogP contribution in [0.3, 0.4) is 0 Å². The van der Waals surface area contributed by atoms with Crippen LogP contribution >= 0.6 is 39.1 Å². The fourth-order valence-corrected chi connectivity index (χ4v) is 5.07. The number of hydrogen-bond donors (Lipinski definition) is 1. The minimum absolute atomic E-state index is 0.0147. The molecule has 1 saturated carbocycles. The highest BCUT2D eigenvalue weighted by molar-refractivity contribution is 9.10. The summed E-state index contributed by atoms with van der Waals surface area (Å²) in [6.07, 6.45) is -3.53. The first-order valence-corrected chi connectivity index (χ1v) is 11.7. The second-order valence-electron chi connectivity index (χ2n) is 8.37. The number of carbonyl (C=O) groups is 1. The summed E-state index contributed by atoms with van der Waals surface area (Å²) in [4.78, 5) is 13.3. The lowest BCUT2D eigenvalue weighted by Crippen LogP contribution is -2.45. The maximum absolute atomic E-state index is 14.7. The average molecular weight is 572 g/mol. The van der Waals surface area contributed by atoms with Gasteiger partial charge >= 0.3 is 6.18 Å². The Hall–Kier alpha value is -1.58. The number of nitrogens with one attached hydrogen (secondary N) is 1. The Morgan fingerprint density at radius 1 is 1.18 bits per heavy atom. The van der Waals surface area contributed by atoms with Gasteiger partial charge in [-0.3, -0.25) is 4.79 Å². The molecule has 33 heavy (non-hydrogen) atoms. The first kappa shape index (κ1) is 24.5. The van der Waals surface area contributed by atoms with E-state index in [1.807, 2.05) is 0 Å². The van der Waals surface area contributed by atoms with Gasteiger partial charge in [0, 0.05) is 41.3 Å². The number of alkyl halides is 3. The topological polar surface area (TPSA) is 32.3 Å². The molecule has 4 rings (SSSR count). The molecule has 1 amide bonds. The number of benzene rings is 2. The largest absolute Gasteiger partial charge is 0.400 e. The molecule has 1 aliphatic heterocycles. The van der Waals surface area contributed by atoms with E-state index in [1.54, 1.807) is 18.2 Å². The zero-order valence-corrected chi connectivity index (χ0v) is 20.1. The molecule has 0 aromatic heterocycles. The van der Waals surface area contributed by atoms with Crippen molar-refractivity contribution < 1.29 is 26.7 Å². The lowest BCUT2D eigenvalue weighted by molar-refractivity contribution is -0.185. The number of rotatable bonds is 5. The number of nitrogens with zero attached hydrogens (tertiary/aromatic N) is 1. The summed E-state index contributed by atoms with van der Waals surface area (Å²) in [5.41, 5.74) is -2.11. The van der Waals surface area contributed by atoms with Gasteiger partial charge in [0.25, 0.3) is 0 Å². The van der Waals surface area contributed by atoms with Crippen molar-refractivity contribution in [2.24, 2.45) is 5.92 Å². The molecule has 2 aromatic carbocycles. The molecule has 3 nitrogen and oxygen atoms in total. The third-order valence-electron chi connectivity index (χ3n) is 6.23.